The Morgan fingerprint density at radius 3 is 0.909 bits per heavy atom. The van der Waals surface area contributed by atoms with E-state index in [9.17, 15) is 0 Å². The third-order valence-electron chi connectivity index (χ3n) is 0.671. The summed E-state index contributed by atoms with van der Waals surface area (Å²) >= 11 is 0. The molecular weight excluding hydrogens is 195 g/mol. The Bertz CT molecular complexity index is 83.7. The molecule has 0 amide bonds. The zero-order valence-corrected chi connectivity index (χ0v) is 14.3. The topological polar surface area (TPSA) is 49.1 Å². The van der Waals surface area contributed by atoms with Gasteiger partial charge in [0.2, 0.25) is 0 Å². The summed E-state index contributed by atoms with van der Waals surface area (Å²) < 4.78 is 4.82. The van der Waals surface area contributed by atoms with E-state index in [4.69, 9.17) is 4.65 Å². The summed E-state index contributed by atoms with van der Waals surface area (Å²) in [6.45, 7) is 13.8. The Balaban J connectivity index is -0.000000320. The van der Waals surface area contributed by atoms with E-state index in [1.54, 1.807) is 0 Å². The molecule has 2 nitrogen and oxygen atoms in total. The van der Waals surface area contributed by atoms with Crippen LogP contribution in [-0.4, -0.2) is 16.5 Å². The molecule has 0 aliphatic carbocycles. The van der Waals surface area contributed by atoms with Crippen LogP contribution in [0.15, 0.2) is 0 Å². The summed E-state index contributed by atoms with van der Waals surface area (Å²) in [5.74, 6) is 0. The second-order valence-corrected chi connectivity index (χ2v) is 14.0. The second-order valence-electron chi connectivity index (χ2n) is 4.45. The van der Waals surface area contributed by atoms with Crippen molar-refractivity contribution in [2.24, 2.45) is 0 Å². The van der Waals surface area contributed by atoms with Crippen LogP contribution >= 0.6 is 0 Å². The molecule has 0 rings (SSSR count). The van der Waals surface area contributed by atoms with Gasteiger partial charge >= 0.3 is 51.4 Å². The monoisotopic (exact) mass is 216 g/mol. The average Bonchev–Trinajstić information content (AvgIpc) is 1.14. The van der Waals surface area contributed by atoms with E-state index in [1.807, 2.05) is 0 Å². The fraction of sp³-hybridized carbons (Fsp3) is 1.00. The molecule has 0 aliphatic heterocycles. The molecule has 0 aliphatic rings. The standard InChI is InChI=1S/C6H18NSi2.K.H3N/c1-8(2,3)7-9(4,5)6;;/h1-6H3;;1H3/q-1;+1;. The van der Waals surface area contributed by atoms with Crippen molar-refractivity contribution in [3.8, 4) is 0 Å². The molecule has 0 aromatic heterocycles. The van der Waals surface area contributed by atoms with E-state index >= 15 is 0 Å². The van der Waals surface area contributed by atoms with Crippen molar-refractivity contribution < 1.29 is 51.4 Å². The quantitative estimate of drug-likeness (QED) is 0.659. The van der Waals surface area contributed by atoms with Gasteiger partial charge in [-0.3, -0.25) is 0 Å². The number of hydrogen-bond acceptors (Lipinski definition) is 1. The molecule has 11 heavy (non-hydrogen) atoms. The molecule has 0 heterocycles. The summed E-state index contributed by atoms with van der Waals surface area (Å²) in [5.41, 5.74) is 0. The Labute approximate surface area is 116 Å². The first-order chi connectivity index (χ1) is 3.71. The Kier molecular flexibility index (Phi) is 11.0. The molecule has 3 N–H and O–H groups in total. The molecule has 0 bridgehead atoms. The van der Waals surface area contributed by atoms with Gasteiger partial charge in [0.15, 0.2) is 0 Å². The number of nitrogens with zero attached hydrogens (tertiary/aromatic N) is 1. The molecule has 0 saturated carbocycles. The van der Waals surface area contributed by atoms with Crippen LogP contribution in [0.4, 0.5) is 0 Å². The fourth-order valence-electron chi connectivity index (χ4n) is 1.01. The van der Waals surface area contributed by atoms with Crippen LogP contribution in [0, 0.1) is 0 Å². The van der Waals surface area contributed by atoms with Gasteiger partial charge in [-0.25, -0.2) is 0 Å². The number of hydrogen-bond donors (Lipinski definition) is 1. The van der Waals surface area contributed by atoms with E-state index in [2.05, 4.69) is 39.3 Å². The van der Waals surface area contributed by atoms with Crippen molar-refractivity contribution in [3.05, 3.63) is 4.65 Å². The molecule has 0 aromatic rings. The molecular formula is C6H21KN2Si2. The fourth-order valence-corrected chi connectivity index (χ4v) is 9.06. The smallest absolute Gasteiger partial charge is 0.668 e. The average molecular weight is 217 g/mol. The van der Waals surface area contributed by atoms with E-state index < -0.39 is 16.5 Å². The maximum atomic E-state index is 4.82. The predicted molar refractivity (Wildman–Crippen MR) is 55.1 cm³/mol. The Morgan fingerprint density at radius 2 is 0.909 bits per heavy atom. The summed E-state index contributed by atoms with van der Waals surface area (Å²) in [5, 5.41) is 0. The molecule has 0 aromatic carbocycles. The molecule has 0 atom stereocenters. The molecule has 0 spiro atoms. The maximum absolute atomic E-state index is 4.82. The van der Waals surface area contributed by atoms with Crippen LogP contribution in [0.5, 0.6) is 0 Å². The first-order valence-electron chi connectivity index (χ1n) is 3.45. The molecule has 0 saturated heterocycles. The van der Waals surface area contributed by atoms with Crippen molar-refractivity contribution in [3.63, 3.8) is 0 Å². The molecule has 0 unspecified atom stereocenters. The second kappa shape index (κ2) is 6.44. The minimum absolute atomic E-state index is 0. The Morgan fingerprint density at radius 1 is 0.727 bits per heavy atom. The normalized spacial score (nSPS) is 11.5. The largest absolute Gasteiger partial charge is 1.00 e. The summed E-state index contributed by atoms with van der Waals surface area (Å²) in [7, 11) is -2.21. The van der Waals surface area contributed by atoms with Gasteiger partial charge in [-0.2, -0.15) is 0 Å². The minimum atomic E-state index is -1.11. The molecule has 64 valence electrons. The molecule has 0 radical (unpaired) electrons. The van der Waals surface area contributed by atoms with Gasteiger partial charge in [-0.05, 0) is 0 Å². The maximum Gasteiger partial charge on any atom is 1.00 e. The summed E-state index contributed by atoms with van der Waals surface area (Å²) in [6.07, 6.45) is 0. The van der Waals surface area contributed by atoms with Gasteiger partial charge in [0, 0.05) is 0 Å². The van der Waals surface area contributed by atoms with Crippen molar-refractivity contribution >= 4 is 16.5 Å². The van der Waals surface area contributed by atoms with Gasteiger partial charge in [0.25, 0.3) is 0 Å². The van der Waals surface area contributed by atoms with E-state index in [0.29, 0.717) is 0 Å². The van der Waals surface area contributed by atoms with Crippen LogP contribution in [-0.2, 0) is 0 Å². The van der Waals surface area contributed by atoms with Crippen molar-refractivity contribution in [1.82, 2.24) is 6.15 Å². The van der Waals surface area contributed by atoms with Crippen LogP contribution in [0.3, 0.4) is 0 Å². The summed E-state index contributed by atoms with van der Waals surface area (Å²) in [4.78, 5) is 0. The van der Waals surface area contributed by atoms with Gasteiger partial charge in [0.1, 0.15) is 0 Å². The molecule has 5 heteroatoms. The van der Waals surface area contributed by atoms with Crippen LogP contribution < -0.4 is 57.5 Å². The molecule has 0 fully saturated rings. The predicted octanol–water partition coefficient (Wildman–Crippen LogP) is 0.196. The minimum Gasteiger partial charge on any atom is -0.668 e. The first kappa shape index (κ1) is 18.7. The van der Waals surface area contributed by atoms with E-state index in [1.165, 1.54) is 0 Å². The van der Waals surface area contributed by atoms with Crippen molar-refractivity contribution in [2.75, 3.05) is 0 Å². The van der Waals surface area contributed by atoms with Crippen molar-refractivity contribution in [1.29, 1.82) is 0 Å². The van der Waals surface area contributed by atoms with Gasteiger partial charge in [-0.15, -0.1) is 0 Å². The van der Waals surface area contributed by atoms with E-state index in [0.717, 1.165) is 0 Å². The van der Waals surface area contributed by atoms with Gasteiger partial charge in [-0.1, -0.05) is 55.8 Å². The summed E-state index contributed by atoms with van der Waals surface area (Å²) in [6, 6.07) is 0. The van der Waals surface area contributed by atoms with Gasteiger partial charge in [0.05, 0.1) is 0 Å². The SMILES string of the molecule is C[Si](C)(C)[N-][Si](C)(C)C.N.[K+]. The number of rotatable bonds is 2. The Hall–Kier alpha value is 1.99. The van der Waals surface area contributed by atoms with Crippen molar-refractivity contribution in [2.45, 2.75) is 39.3 Å². The van der Waals surface area contributed by atoms with Gasteiger partial charge < -0.3 is 10.8 Å². The first-order valence-corrected chi connectivity index (χ1v) is 10.3. The van der Waals surface area contributed by atoms with Crippen LogP contribution in [0.25, 0.3) is 4.65 Å². The third kappa shape index (κ3) is 18.7. The van der Waals surface area contributed by atoms with Crippen LogP contribution in [0.2, 0.25) is 39.3 Å². The van der Waals surface area contributed by atoms with Crippen LogP contribution in [0.1, 0.15) is 0 Å². The zero-order valence-electron chi connectivity index (χ0n) is 9.15. The van der Waals surface area contributed by atoms with E-state index in [-0.39, 0.29) is 57.5 Å². The third-order valence-corrected chi connectivity index (χ3v) is 6.04. The zero-order chi connectivity index (χ0) is 7.71.